The smallest absolute Gasteiger partial charge is 0.303 e. The highest BCUT2D eigenvalue weighted by atomic mass is 16.5. The number of para-hydroxylation sites is 1. The van der Waals surface area contributed by atoms with E-state index in [0.717, 1.165) is 27.7 Å². The average Bonchev–Trinajstić information content (AvgIpc) is 3.01. The number of fused-ring (bicyclic) bond motifs is 1. The molecule has 4 N–H and O–H groups in total. The van der Waals surface area contributed by atoms with Crippen molar-refractivity contribution in [2.45, 2.75) is 44.9 Å². The second-order valence-electron chi connectivity index (χ2n) is 7.75. The van der Waals surface area contributed by atoms with Crippen LogP contribution in [0.15, 0.2) is 54.6 Å². The zero-order chi connectivity index (χ0) is 21.9. The molecule has 6 nitrogen and oxygen atoms in total. The Labute approximate surface area is 175 Å². The van der Waals surface area contributed by atoms with Gasteiger partial charge in [0.05, 0.1) is 0 Å². The second-order valence-corrected chi connectivity index (χ2v) is 7.75. The number of phenolic OH excluding ortho intramolecular Hbond substituents is 1. The van der Waals surface area contributed by atoms with E-state index in [2.05, 4.69) is 18.4 Å². The summed E-state index contributed by atoms with van der Waals surface area (Å²) in [6, 6.07) is 15.0. The van der Waals surface area contributed by atoms with E-state index in [0.29, 0.717) is 0 Å². The van der Waals surface area contributed by atoms with Crippen molar-refractivity contribution in [2.24, 2.45) is 0 Å². The van der Waals surface area contributed by atoms with Crippen molar-refractivity contribution >= 4 is 22.9 Å². The Kier molecular flexibility index (Phi) is 6.29. The number of aromatic hydroxyl groups is 1. The minimum absolute atomic E-state index is 0.0771. The van der Waals surface area contributed by atoms with E-state index in [-0.39, 0.29) is 31.1 Å². The van der Waals surface area contributed by atoms with Gasteiger partial charge >= 0.3 is 5.97 Å². The fraction of sp³-hybridized carbons (Fsp3) is 0.292. The fourth-order valence-corrected chi connectivity index (χ4v) is 3.73. The molecule has 0 spiro atoms. The van der Waals surface area contributed by atoms with E-state index in [1.165, 1.54) is 6.08 Å². The van der Waals surface area contributed by atoms with Crippen molar-refractivity contribution in [3.05, 3.63) is 60.3 Å². The van der Waals surface area contributed by atoms with Gasteiger partial charge in [-0.2, -0.15) is 0 Å². The van der Waals surface area contributed by atoms with Crippen LogP contribution in [-0.2, 0) is 4.79 Å². The molecule has 2 aromatic carbocycles. The summed E-state index contributed by atoms with van der Waals surface area (Å²) >= 11 is 0. The first-order valence-corrected chi connectivity index (χ1v) is 9.98. The monoisotopic (exact) mass is 409 g/mol. The van der Waals surface area contributed by atoms with E-state index in [9.17, 15) is 20.1 Å². The van der Waals surface area contributed by atoms with E-state index >= 15 is 0 Å². The van der Waals surface area contributed by atoms with Crippen LogP contribution in [0, 0.1) is 0 Å². The number of rotatable bonds is 8. The van der Waals surface area contributed by atoms with Crippen molar-refractivity contribution in [3.63, 3.8) is 0 Å². The van der Waals surface area contributed by atoms with Gasteiger partial charge in [-0.05, 0) is 56.2 Å². The van der Waals surface area contributed by atoms with Gasteiger partial charge in [0.2, 0.25) is 0 Å². The molecular weight excluding hydrogens is 382 g/mol. The molecule has 0 amide bonds. The SMILES string of the molecule is CC(C)n1c(C=CC(O)(O)CCCC(=O)O)c(-c2ccc(O)cc2)c2ccccc21. The number of aliphatic carboxylic acids is 1. The third-order valence-corrected chi connectivity index (χ3v) is 5.06. The van der Waals surface area contributed by atoms with Gasteiger partial charge in [-0.15, -0.1) is 0 Å². The van der Waals surface area contributed by atoms with Crippen molar-refractivity contribution in [1.29, 1.82) is 0 Å². The number of aromatic nitrogens is 1. The Balaban J connectivity index is 2.12. The van der Waals surface area contributed by atoms with Gasteiger partial charge in [-0.1, -0.05) is 30.3 Å². The molecule has 30 heavy (non-hydrogen) atoms. The predicted octanol–water partition coefficient (Wildman–Crippen LogP) is 4.54. The first-order valence-electron chi connectivity index (χ1n) is 9.98. The molecule has 0 radical (unpaired) electrons. The minimum Gasteiger partial charge on any atom is -0.508 e. The topological polar surface area (TPSA) is 103 Å². The lowest BCUT2D eigenvalue weighted by molar-refractivity contribution is -0.139. The summed E-state index contributed by atoms with van der Waals surface area (Å²) in [7, 11) is 0. The molecular formula is C24H27NO5. The molecule has 0 aliphatic heterocycles. The second kappa shape index (κ2) is 8.73. The van der Waals surface area contributed by atoms with E-state index < -0.39 is 11.8 Å². The maximum atomic E-state index is 10.7. The van der Waals surface area contributed by atoms with Crippen LogP contribution in [0.25, 0.3) is 28.1 Å². The summed E-state index contributed by atoms with van der Waals surface area (Å²) in [5.41, 5.74) is 3.65. The zero-order valence-electron chi connectivity index (χ0n) is 17.1. The highest BCUT2D eigenvalue weighted by molar-refractivity contribution is 6.01. The molecule has 3 rings (SSSR count). The Morgan fingerprint density at radius 2 is 1.77 bits per heavy atom. The number of benzene rings is 2. The van der Waals surface area contributed by atoms with Crippen LogP contribution in [0.2, 0.25) is 0 Å². The molecule has 0 saturated heterocycles. The summed E-state index contributed by atoms with van der Waals surface area (Å²) in [6.45, 7) is 4.12. The highest BCUT2D eigenvalue weighted by Crippen LogP contribution is 2.38. The first kappa shape index (κ1) is 21.6. The van der Waals surface area contributed by atoms with Crippen molar-refractivity contribution < 1.29 is 25.2 Å². The lowest BCUT2D eigenvalue weighted by Gasteiger charge is -2.18. The Morgan fingerprint density at radius 3 is 2.40 bits per heavy atom. The van der Waals surface area contributed by atoms with Crippen LogP contribution in [0.4, 0.5) is 0 Å². The standard InChI is InChI=1S/C24H27NO5/c1-16(2)25-20-7-4-3-6-19(20)23(17-9-11-18(26)12-10-17)21(25)13-15-24(29,30)14-5-8-22(27)28/h3-4,6-7,9-13,15-16,26,29-30H,5,8,14H2,1-2H3,(H,27,28). The number of phenols is 1. The molecule has 6 heteroatoms. The van der Waals surface area contributed by atoms with Crippen LogP contribution < -0.4 is 0 Å². The third-order valence-electron chi connectivity index (χ3n) is 5.06. The quantitative estimate of drug-likeness (QED) is 0.409. The molecule has 0 bridgehead atoms. The number of carbonyl (C=O) groups is 1. The van der Waals surface area contributed by atoms with Crippen LogP contribution in [0.5, 0.6) is 5.75 Å². The van der Waals surface area contributed by atoms with Crippen molar-refractivity contribution in [3.8, 4) is 16.9 Å². The Hall–Kier alpha value is -3.09. The van der Waals surface area contributed by atoms with Crippen molar-refractivity contribution in [2.75, 3.05) is 0 Å². The van der Waals surface area contributed by atoms with Gasteiger partial charge in [-0.25, -0.2) is 0 Å². The van der Waals surface area contributed by atoms with Crippen LogP contribution in [-0.4, -0.2) is 36.7 Å². The van der Waals surface area contributed by atoms with E-state index in [4.69, 9.17) is 5.11 Å². The number of aliphatic hydroxyl groups is 2. The average molecular weight is 409 g/mol. The summed E-state index contributed by atoms with van der Waals surface area (Å²) in [5, 5.41) is 40.1. The number of carboxylic acids is 1. The number of carboxylic acid groups (broad SMARTS) is 1. The normalized spacial score (nSPS) is 12.3. The third kappa shape index (κ3) is 4.72. The maximum absolute atomic E-state index is 10.7. The maximum Gasteiger partial charge on any atom is 0.303 e. The van der Waals surface area contributed by atoms with E-state index in [1.807, 2.05) is 36.4 Å². The van der Waals surface area contributed by atoms with Crippen LogP contribution in [0.3, 0.4) is 0 Å². The Morgan fingerprint density at radius 1 is 1.10 bits per heavy atom. The number of hydrogen-bond acceptors (Lipinski definition) is 4. The molecule has 0 unspecified atom stereocenters. The lowest BCUT2D eigenvalue weighted by atomic mass is 10.0. The van der Waals surface area contributed by atoms with Crippen LogP contribution in [0.1, 0.15) is 44.8 Å². The first-order chi connectivity index (χ1) is 14.2. The molecule has 0 saturated carbocycles. The molecule has 1 aromatic heterocycles. The van der Waals surface area contributed by atoms with Gasteiger partial charge in [0.1, 0.15) is 5.75 Å². The summed E-state index contributed by atoms with van der Waals surface area (Å²) in [4.78, 5) is 10.7. The minimum atomic E-state index is -2.11. The molecule has 0 fully saturated rings. The van der Waals surface area contributed by atoms with Gasteiger partial charge in [0.15, 0.2) is 5.79 Å². The molecule has 0 atom stereocenters. The zero-order valence-corrected chi connectivity index (χ0v) is 17.1. The largest absolute Gasteiger partial charge is 0.508 e. The van der Waals surface area contributed by atoms with Crippen molar-refractivity contribution in [1.82, 2.24) is 4.57 Å². The fourth-order valence-electron chi connectivity index (χ4n) is 3.73. The van der Waals surface area contributed by atoms with Gasteiger partial charge in [0.25, 0.3) is 0 Å². The molecule has 1 heterocycles. The summed E-state index contributed by atoms with van der Waals surface area (Å²) in [6.07, 6.45) is 2.95. The molecule has 0 aliphatic rings. The number of hydrogen-bond donors (Lipinski definition) is 4. The Bertz CT molecular complexity index is 1060. The predicted molar refractivity (Wildman–Crippen MR) is 117 cm³/mol. The van der Waals surface area contributed by atoms with E-state index in [1.54, 1.807) is 18.2 Å². The van der Waals surface area contributed by atoms with Gasteiger partial charge in [-0.3, -0.25) is 4.79 Å². The highest BCUT2D eigenvalue weighted by Gasteiger charge is 2.22. The van der Waals surface area contributed by atoms with Crippen LogP contribution >= 0.6 is 0 Å². The molecule has 3 aromatic rings. The summed E-state index contributed by atoms with van der Waals surface area (Å²) < 4.78 is 2.13. The lowest BCUT2D eigenvalue weighted by Crippen LogP contribution is -2.25. The van der Waals surface area contributed by atoms with Gasteiger partial charge in [0, 0.05) is 41.0 Å². The summed E-state index contributed by atoms with van der Waals surface area (Å²) in [5.74, 6) is -2.91. The molecule has 0 aliphatic carbocycles. The molecule has 158 valence electrons. The number of nitrogens with zero attached hydrogens (tertiary/aromatic N) is 1. The van der Waals surface area contributed by atoms with Gasteiger partial charge < -0.3 is 25.0 Å².